The Balaban J connectivity index is 1.43. The Morgan fingerprint density at radius 2 is 1.88 bits per heavy atom. The zero-order valence-corrected chi connectivity index (χ0v) is 18.7. The van der Waals surface area contributed by atoms with Crippen LogP contribution in [-0.2, 0) is 11.2 Å². The van der Waals surface area contributed by atoms with E-state index in [0.717, 1.165) is 80.3 Å². The molecule has 32 heavy (non-hydrogen) atoms. The number of amides is 2. The normalized spacial score (nSPS) is 17.8. The van der Waals surface area contributed by atoms with Crippen molar-refractivity contribution in [1.29, 1.82) is 0 Å². The van der Waals surface area contributed by atoms with E-state index in [1.54, 1.807) is 6.07 Å². The van der Waals surface area contributed by atoms with Gasteiger partial charge in [0.05, 0.1) is 18.9 Å². The molecule has 2 aromatic rings. The maximum Gasteiger partial charge on any atom is 0.287 e. The summed E-state index contributed by atoms with van der Waals surface area (Å²) in [7, 11) is 0. The highest BCUT2D eigenvalue weighted by Gasteiger charge is 2.28. The number of morpholine rings is 1. The second kappa shape index (κ2) is 10.1. The summed E-state index contributed by atoms with van der Waals surface area (Å²) in [6.45, 7) is 8.36. The molecule has 8 nitrogen and oxygen atoms in total. The number of furan rings is 1. The molecule has 0 saturated carbocycles. The van der Waals surface area contributed by atoms with Gasteiger partial charge in [-0.25, -0.2) is 5.43 Å². The number of nitrogens with one attached hydrogen (secondary N) is 2. The summed E-state index contributed by atoms with van der Waals surface area (Å²) in [5, 5.41) is 7.37. The van der Waals surface area contributed by atoms with Crippen LogP contribution in [0.3, 0.4) is 0 Å². The van der Waals surface area contributed by atoms with E-state index in [0.29, 0.717) is 17.9 Å². The van der Waals surface area contributed by atoms with Gasteiger partial charge < -0.3 is 14.5 Å². The highest BCUT2D eigenvalue weighted by atomic mass is 16.5. The van der Waals surface area contributed by atoms with Crippen molar-refractivity contribution in [2.45, 2.75) is 33.1 Å². The topological polar surface area (TPSA) is 96.2 Å². The lowest BCUT2D eigenvalue weighted by atomic mass is 9.93. The fourth-order valence-electron chi connectivity index (χ4n) is 4.24. The molecule has 2 heterocycles. The van der Waals surface area contributed by atoms with Crippen LogP contribution in [0.2, 0.25) is 0 Å². The monoisotopic (exact) mass is 438 g/mol. The summed E-state index contributed by atoms with van der Waals surface area (Å²) in [5.74, 6) is 0.631. The van der Waals surface area contributed by atoms with Crippen molar-refractivity contribution in [2.24, 2.45) is 5.10 Å². The fourth-order valence-corrected chi connectivity index (χ4v) is 4.24. The van der Waals surface area contributed by atoms with Gasteiger partial charge in [0.2, 0.25) is 0 Å². The zero-order chi connectivity index (χ0) is 22.5. The smallest absolute Gasteiger partial charge is 0.287 e. The second-order valence-corrected chi connectivity index (χ2v) is 8.23. The molecule has 2 aliphatic rings. The first-order valence-electron chi connectivity index (χ1n) is 11.2. The van der Waals surface area contributed by atoms with Crippen LogP contribution >= 0.6 is 0 Å². The van der Waals surface area contributed by atoms with Crippen LogP contribution in [0.5, 0.6) is 0 Å². The third kappa shape index (κ3) is 4.92. The Morgan fingerprint density at radius 3 is 2.66 bits per heavy atom. The molecule has 1 aromatic carbocycles. The van der Waals surface area contributed by atoms with Gasteiger partial charge in [0.1, 0.15) is 5.76 Å². The van der Waals surface area contributed by atoms with Crippen molar-refractivity contribution < 1.29 is 18.7 Å². The number of rotatable bonds is 6. The van der Waals surface area contributed by atoms with E-state index in [4.69, 9.17) is 9.15 Å². The Morgan fingerprint density at radius 1 is 1.09 bits per heavy atom. The van der Waals surface area contributed by atoms with Gasteiger partial charge in [-0.2, -0.15) is 5.10 Å². The average Bonchev–Trinajstić information content (AvgIpc) is 3.15. The van der Waals surface area contributed by atoms with Gasteiger partial charge in [-0.3, -0.25) is 14.5 Å². The quantitative estimate of drug-likeness (QED) is 0.676. The molecule has 4 rings (SSSR count). The number of hydrogen-bond acceptors (Lipinski definition) is 6. The van der Waals surface area contributed by atoms with E-state index in [1.165, 1.54) is 0 Å². The number of carbonyl (C=O) groups excluding carboxylic acids is 2. The van der Waals surface area contributed by atoms with Crippen molar-refractivity contribution >= 4 is 17.5 Å². The molecule has 1 aliphatic heterocycles. The molecule has 8 heteroatoms. The molecule has 1 fully saturated rings. The van der Waals surface area contributed by atoms with Crippen LogP contribution < -0.4 is 10.7 Å². The largest absolute Gasteiger partial charge is 0.455 e. The van der Waals surface area contributed by atoms with E-state index < -0.39 is 0 Å². The number of hydrazone groups is 1. The zero-order valence-electron chi connectivity index (χ0n) is 18.7. The predicted molar refractivity (Wildman–Crippen MR) is 121 cm³/mol. The van der Waals surface area contributed by atoms with Crippen LogP contribution in [-0.4, -0.2) is 61.8 Å². The van der Waals surface area contributed by atoms with Gasteiger partial charge in [0.15, 0.2) is 5.76 Å². The molecule has 0 radical (unpaired) electrons. The number of benzene rings is 1. The maximum atomic E-state index is 12.8. The molecular formula is C24H30N4O4. The summed E-state index contributed by atoms with van der Waals surface area (Å²) in [4.78, 5) is 27.6. The van der Waals surface area contributed by atoms with Crippen LogP contribution in [0.1, 0.15) is 56.2 Å². The third-order valence-corrected chi connectivity index (χ3v) is 6.03. The lowest BCUT2D eigenvalue weighted by Gasteiger charge is -2.26. The van der Waals surface area contributed by atoms with E-state index >= 15 is 0 Å². The second-order valence-electron chi connectivity index (χ2n) is 8.23. The SMILES string of the molecule is Cc1ccccc1C(=O)N/N=C1\CCCc2oc(C(=O)NCCN3CCOCC3)c(C)c21. The molecular weight excluding hydrogens is 408 g/mol. The minimum absolute atomic E-state index is 0.214. The minimum atomic E-state index is -0.245. The number of ether oxygens (including phenoxy) is 1. The van der Waals surface area contributed by atoms with E-state index in [1.807, 2.05) is 32.0 Å². The first-order chi connectivity index (χ1) is 15.5. The van der Waals surface area contributed by atoms with Crippen molar-refractivity contribution in [3.05, 3.63) is 58.0 Å². The first-order valence-corrected chi connectivity index (χ1v) is 11.2. The minimum Gasteiger partial charge on any atom is -0.455 e. The molecule has 2 amide bonds. The molecule has 0 unspecified atom stereocenters. The van der Waals surface area contributed by atoms with Gasteiger partial charge in [-0.15, -0.1) is 0 Å². The fraction of sp³-hybridized carbons (Fsp3) is 0.458. The van der Waals surface area contributed by atoms with Crippen molar-refractivity contribution in [3.8, 4) is 0 Å². The van der Waals surface area contributed by atoms with Crippen LogP contribution in [0, 0.1) is 13.8 Å². The standard InChI is InChI=1S/C24H30N4O4/c1-16-6-3-4-7-18(16)23(29)27-26-19-8-5-9-20-21(19)17(2)22(32-20)24(30)25-10-11-28-12-14-31-15-13-28/h3-4,6-7H,5,8-15H2,1-2H3,(H,25,30)(H,27,29)/b26-19+. The summed E-state index contributed by atoms with van der Waals surface area (Å²) < 4.78 is 11.3. The Labute approximate surface area is 188 Å². The predicted octanol–water partition coefficient (Wildman–Crippen LogP) is 2.43. The molecule has 0 atom stereocenters. The number of nitrogens with zero attached hydrogens (tertiary/aromatic N) is 2. The lowest BCUT2D eigenvalue weighted by Crippen LogP contribution is -2.41. The Bertz CT molecular complexity index is 1020. The van der Waals surface area contributed by atoms with E-state index in [2.05, 4.69) is 20.7 Å². The molecule has 1 saturated heterocycles. The molecule has 1 aliphatic carbocycles. The highest BCUT2D eigenvalue weighted by molar-refractivity contribution is 6.07. The van der Waals surface area contributed by atoms with Gasteiger partial charge in [0, 0.05) is 49.3 Å². The third-order valence-electron chi connectivity index (χ3n) is 6.03. The van der Waals surface area contributed by atoms with E-state index in [-0.39, 0.29) is 11.8 Å². The van der Waals surface area contributed by atoms with Gasteiger partial charge in [0.25, 0.3) is 11.8 Å². The van der Waals surface area contributed by atoms with Crippen molar-refractivity contribution in [1.82, 2.24) is 15.6 Å². The Kier molecular flexibility index (Phi) is 7.02. The highest BCUT2D eigenvalue weighted by Crippen LogP contribution is 2.29. The summed E-state index contributed by atoms with van der Waals surface area (Å²) in [6, 6.07) is 7.40. The van der Waals surface area contributed by atoms with Crippen LogP contribution in [0.4, 0.5) is 0 Å². The van der Waals surface area contributed by atoms with Crippen LogP contribution in [0.25, 0.3) is 0 Å². The first kappa shape index (κ1) is 22.2. The van der Waals surface area contributed by atoms with Gasteiger partial charge in [-0.05, 0) is 38.3 Å². The lowest BCUT2D eigenvalue weighted by molar-refractivity contribution is 0.0382. The number of aryl methyl sites for hydroxylation is 2. The van der Waals surface area contributed by atoms with Crippen molar-refractivity contribution in [3.63, 3.8) is 0 Å². The van der Waals surface area contributed by atoms with Crippen LogP contribution in [0.15, 0.2) is 33.8 Å². The Hall–Kier alpha value is -2.97. The molecule has 0 bridgehead atoms. The summed E-state index contributed by atoms with van der Waals surface area (Å²) in [5.41, 5.74) is 6.54. The van der Waals surface area contributed by atoms with Gasteiger partial charge >= 0.3 is 0 Å². The number of carbonyl (C=O) groups is 2. The average molecular weight is 439 g/mol. The van der Waals surface area contributed by atoms with Gasteiger partial charge in [-0.1, -0.05) is 18.2 Å². The molecule has 2 N–H and O–H groups in total. The maximum absolute atomic E-state index is 12.8. The van der Waals surface area contributed by atoms with E-state index in [9.17, 15) is 9.59 Å². The summed E-state index contributed by atoms with van der Waals surface area (Å²) in [6.07, 6.45) is 2.33. The molecule has 170 valence electrons. The number of fused-ring (bicyclic) bond motifs is 1. The van der Waals surface area contributed by atoms with Crippen molar-refractivity contribution in [2.75, 3.05) is 39.4 Å². The molecule has 1 aromatic heterocycles. The summed E-state index contributed by atoms with van der Waals surface area (Å²) >= 11 is 0. The molecule has 0 spiro atoms. The number of hydrogen-bond donors (Lipinski definition) is 2.